The summed E-state index contributed by atoms with van der Waals surface area (Å²) in [5, 5.41) is 3.56. The van der Waals surface area contributed by atoms with Gasteiger partial charge in [0.2, 0.25) is 0 Å². The summed E-state index contributed by atoms with van der Waals surface area (Å²) < 4.78 is 5.19. The van der Waals surface area contributed by atoms with Crippen LogP contribution in [-0.2, 0) is 6.42 Å². The summed E-state index contributed by atoms with van der Waals surface area (Å²) in [5.74, 6) is 0.955. The highest BCUT2D eigenvalue weighted by Crippen LogP contribution is 2.18. The summed E-state index contributed by atoms with van der Waals surface area (Å²) in [4.78, 5) is 0. The standard InChI is InChI=1S/C13H19NO/c1-15-13-7-2-4-11(10-13)8-9-14-12-5-3-6-12/h2,4,7,10,12,14H,3,5-6,8-9H2,1H3. The van der Waals surface area contributed by atoms with Crippen LogP contribution in [0.5, 0.6) is 5.75 Å². The molecule has 2 rings (SSSR count). The van der Waals surface area contributed by atoms with E-state index in [4.69, 9.17) is 4.74 Å². The Labute approximate surface area is 91.6 Å². The molecule has 0 heterocycles. The van der Waals surface area contributed by atoms with Gasteiger partial charge in [0.1, 0.15) is 5.75 Å². The van der Waals surface area contributed by atoms with Gasteiger partial charge in [0.15, 0.2) is 0 Å². The number of ether oxygens (including phenoxy) is 1. The van der Waals surface area contributed by atoms with Crippen molar-refractivity contribution in [3.63, 3.8) is 0 Å². The zero-order valence-corrected chi connectivity index (χ0v) is 9.33. The van der Waals surface area contributed by atoms with Gasteiger partial charge in [-0.2, -0.15) is 0 Å². The zero-order chi connectivity index (χ0) is 10.5. The van der Waals surface area contributed by atoms with Crippen molar-refractivity contribution >= 4 is 0 Å². The first-order valence-electron chi connectivity index (χ1n) is 5.75. The third-order valence-electron chi connectivity index (χ3n) is 3.09. The Balaban J connectivity index is 1.76. The van der Waals surface area contributed by atoms with Crippen molar-refractivity contribution in [3.8, 4) is 5.75 Å². The largest absolute Gasteiger partial charge is 0.497 e. The molecule has 1 aliphatic carbocycles. The number of rotatable bonds is 5. The molecule has 82 valence electrons. The fraction of sp³-hybridized carbons (Fsp3) is 0.538. The van der Waals surface area contributed by atoms with Crippen LogP contribution in [0.3, 0.4) is 0 Å². The first-order valence-corrected chi connectivity index (χ1v) is 5.75. The molecule has 1 aromatic rings. The summed E-state index contributed by atoms with van der Waals surface area (Å²) >= 11 is 0. The third kappa shape index (κ3) is 2.96. The molecule has 2 nitrogen and oxygen atoms in total. The smallest absolute Gasteiger partial charge is 0.119 e. The Kier molecular flexibility index (Phi) is 3.62. The van der Waals surface area contributed by atoms with Crippen LogP contribution in [0.1, 0.15) is 24.8 Å². The summed E-state index contributed by atoms with van der Waals surface area (Å²) in [7, 11) is 1.71. The van der Waals surface area contributed by atoms with Crippen LogP contribution in [-0.4, -0.2) is 19.7 Å². The SMILES string of the molecule is COc1cccc(CCNC2CCC2)c1. The highest BCUT2D eigenvalue weighted by molar-refractivity contribution is 5.28. The van der Waals surface area contributed by atoms with E-state index in [-0.39, 0.29) is 0 Å². The van der Waals surface area contributed by atoms with Gasteiger partial charge < -0.3 is 10.1 Å². The van der Waals surface area contributed by atoms with Gasteiger partial charge in [-0.05, 0) is 43.5 Å². The van der Waals surface area contributed by atoms with Crippen LogP contribution in [0, 0.1) is 0 Å². The Morgan fingerprint density at radius 1 is 1.40 bits per heavy atom. The highest BCUT2D eigenvalue weighted by atomic mass is 16.5. The highest BCUT2D eigenvalue weighted by Gasteiger charge is 2.15. The van der Waals surface area contributed by atoms with Gasteiger partial charge in [-0.25, -0.2) is 0 Å². The molecule has 0 atom stereocenters. The lowest BCUT2D eigenvalue weighted by atomic mass is 9.93. The maximum absolute atomic E-state index is 5.19. The van der Waals surface area contributed by atoms with E-state index in [0.29, 0.717) is 0 Å². The first-order chi connectivity index (χ1) is 7.38. The van der Waals surface area contributed by atoms with Gasteiger partial charge >= 0.3 is 0 Å². The van der Waals surface area contributed by atoms with Crippen LogP contribution in [0.25, 0.3) is 0 Å². The summed E-state index contributed by atoms with van der Waals surface area (Å²) in [6, 6.07) is 9.10. The molecular weight excluding hydrogens is 186 g/mol. The van der Waals surface area contributed by atoms with Crippen LogP contribution >= 0.6 is 0 Å². The molecule has 0 unspecified atom stereocenters. The molecule has 0 bridgehead atoms. The molecular formula is C13H19NO. The van der Waals surface area contributed by atoms with E-state index in [2.05, 4.69) is 23.5 Å². The predicted molar refractivity (Wildman–Crippen MR) is 62.3 cm³/mol. The number of hydrogen-bond donors (Lipinski definition) is 1. The number of hydrogen-bond acceptors (Lipinski definition) is 2. The van der Waals surface area contributed by atoms with Crippen LogP contribution in [0.2, 0.25) is 0 Å². The molecule has 15 heavy (non-hydrogen) atoms. The van der Waals surface area contributed by atoms with Crippen LogP contribution < -0.4 is 10.1 Å². The van der Waals surface area contributed by atoms with Crippen LogP contribution in [0.4, 0.5) is 0 Å². The second-order valence-corrected chi connectivity index (χ2v) is 4.18. The lowest BCUT2D eigenvalue weighted by molar-refractivity contribution is 0.342. The van der Waals surface area contributed by atoms with Crippen molar-refractivity contribution in [2.24, 2.45) is 0 Å². The molecule has 0 amide bonds. The molecule has 0 spiro atoms. The Morgan fingerprint density at radius 3 is 2.93 bits per heavy atom. The summed E-state index contributed by atoms with van der Waals surface area (Å²) in [6.45, 7) is 1.08. The lowest BCUT2D eigenvalue weighted by Crippen LogP contribution is -2.36. The second-order valence-electron chi connectivity index (χ2n) is 4.18. The average molecular weight is 205 g/mol. The van der Waals surface area contributed by atoms with Crippen molar-refractivity contribution in [1.29, 1.82) is 0 Å². The normalized spacial score (nSPS) is 16.1. The van der Waals surface area contributed by atoms with Crippen molar-refractivity contribution in [2.75, 3.05) is 13.7 Å². The van der Waals surface area contributed by atoms with E-state index in [9.17, 15) is 0 Å². The average Bonchev–Trinajstić information content (AvgIpc) is 2.22. The Bertz CT molecular complexity index is 307. The minimum absolute atomic E-state index is 0.788. The predicted octanol–water partition coefficient (Wildman–Crippen LogP) is 2.38. The van der Waals surface area contributed by atoms with E-state index in [1.165, 1.54) is 24.8 Å². The van der Waals surface area contributed by atoms with Crippen molar-refractivity contribution < 1.29 is 4.74 Å². The topological polar surface area (TPSA) is 21.3 Å². The molecule has 1 N–H and O–H groups in total. The zero-order valence-electron chi connectivity index (χ0n) is 9.33. The molecule has 0 radical (unpaired) electrons. The number of nitrogens with one attached hydrogen (secondary N) is 1. The minimum Gasteiger partial charge on any atom is -0.497 e. The molecule has 1 fully saturated rings. The van der Waals surface area contributed by atoms with E-state index in [1.54, 1.807) is 7.11 Å². The second kappa shape index (κ2) is 5.17. The lowest BCUT2D eigenvalue weighted by Gasteiger charge is -2.26. The van der Waals surface area contributed by atoms with Crippen molar-refractivity contribution in [3.05, 3.63) is 29.8 Å². The third-order valence-corrected chi connectivity index (χ3v) is 3.09. The van der Waals surface area contributed by atoms with E-state index in [1.807, 2.05) is 6.07 Å². The van der Waals surface area contributed by atoms with Crippen molar-refractivity contribution in [1.82, 2.24) is 5.32 Å². The van der Waals surface area contributed by atoms with Crippen LogP contribution in [0.15, 0.2) is 24.3 Å². The van der Waals surface area contributed by atoms with E-state index in [0.717, 1.165) is 24.8 Å². The van der Waals surface area contributed by atoms with Gasteiger partial charge in [0.25, 0.3) is 0 Å². The molecule has 2 heteroatoms. The van der Waals surface area contributed by atoms with Gasteiger partial charge in [0.05, 0.1) is 7.11 Å². The summed E-state index contributed by atoms with van der Waals surface area (Å²) in [6.07, 6.45) is 5.21. The fourth-order valence-electron chi connectivity index (χ4n) is 1.86. The van der Waals surface area contributed by atoms with Gasteiger partial charge in [0, 0.05) is 6.04 Å². The van der Waals surface area contributed by atoms with Gasteiger partial charge in [-0.15, -0.1) is 0 Å². The molecule has 1 saturated carbocycles. The number of benzene rings is 1. The molecule has 0 aliphatic heterocycles. The molecule has 0 aromatic heterocycles. The monoisotopic (exact) mass is 205 g/mol. The number of methoxy groups -OCH3 is 1. The fourth-order valence-corrected chi connectivity index (χ4v) is 1.86. The molecule has 1 aromatic carbocycles. The quantitative estimate of drug-likeness (QED) is 0.797. The first kappa shape index (κ1) is 10.5. The maximum atomic E-state index is 5.19. The molecule has 1 aliphatic rings. The van der Waals surface area contributed by atoms with Crippen molar-refractivity contribution in [2.45, 2.75) is 31.7 Å². The Morgan fingerprint density at radius 2 is 2.27 bits per heavy atom. The maximum Gasteiger partial charge on any atom is 0.119 e. The minimum atomic E-state index is 0.788. The van der Waals surface area contributed by atoms with E-state index < -0.39 is 0 Å². The molecule has 0 saturated heterocycles. The Hall–Kier alpha value is -1.02. The van der Waals surface area contributed by atoms with Gasteiger partial charge in [-0.1, -0.05) is 18.6 Å². The van der Waals surface area contributed by atoms with E-state index >= 15 is 0 Å². The summed E-state index contributed by atoms with van der Waals surface area (Å²) in [5.41, 5.74) is 1.35. The van der Waals surface area contributed by atoms with Gasteiger partial charge in [-0.3, -0.25) is 0 Å².